The van der Waals surface area contributed by atoms with Crippen LogP contribution in [0.25, 0.3) is 11.5 Å². The van der Waals surface area contributed by atoms with Crippen LogP contribution >= 0.6 is 11.3 Å². The van der Waals surface area contributed by atoms with Crippen LogP contribution in [0.5, 0.6) is 0 Å². The van der Waals surface area contributed by atoms with Crippen LogP contribution in [0.1, 0.15) is 32.3 Å². The third-order valence-electron chi connectivity index (χ3n) is 5.97. The molecule has 0 saturated carbocycles. The third-order valence-corrected chi connectivity index (χ3v) is 8.90. The summed E-state index contributed by atoms with van der Waals surface area (Å²) in [7, 11) is -3.81. The van der Waals surface area contributed by atoms with Crippen molar-refractivity contribution in [3.8, 4) is 11.5 Å². The van der Waals surface area contributed by atoms with Gasteiger partial charge in [-0.25, -0.2) is 13.4 Å². The smallest absolute Gasteiger partial charge is 0.267 e. The first-order valence-electron chi connectivity index (χ1n) is 10.8. The number of anilines is 1. The van der Waals surface area contributed by atoms with Crippen LogP contribution in [0.4, 0.5) is 5.69 Å². The summed E-state index contributed by atoms with van der Waals surface area (Å²) >= 11 is 1.11. The molecule has 5 rings (SSSR count). The molecule has 3 heterocycles. The summed E-state index contributed by atoms with van der Waals surface area (Å²) in [5.41, 5.74) is 4.33. The van der Waals surface area contributed by atoms with E-state index in [9.17, 15) is 13.2 Å². The molecule has 4 aromatic rings. The molecular formula is C25H23N3O4S2. The second kappa shape index (κ2) is 8.83. The number of nitrogens with one attached hydrogen (secondary N) is 1. The van der Waals surface area contributed by atoms with E-state index in [0.29, 0.717) is 31.1 Å². The summed E-state index contributed by atoms with van der Waals surface area (Å²) in [6, 6.07) is 16.4. The Morgan fingerprint density at radius 2 is 1.79 bits per heavy atom. The Kier molecular flexibility index (Phi) is 5.85. The predicted octanol–water partition coefficient (Wildman–Crippen LogP) is 5.02. The molecule has 1 aliphatic heterocycles. The second-order valence-corrected chi connectivity index (χ2v) is 11.0. The van der Waals surface area contributed by atoms with Gasteiger partial charge in [-0.2, -0.15) is 4.31 Å². The zero-order valence-electron chi connectivity index (χ0n) is 18.7. The molecule has 0 unspecified atom stereocenters. The first kappa shape index (κ1) is 22.5. The molecule has 34 heavy (non-hydrogen) atoms. The summed E-state index contributed by atoms with van der Waals surface area (Å²) in [6.07, 6.45) is 0.650. The minimum Gasteiger partial charge on any atom is -0.441 e. The summed E-state index contributed by atoms with van der Waals surface area (Å²) in [4.78, 5) is 17.6. The van der Waals surface area contributed by atoms with Gasteiger partial charge in [-0.1, -0.05) is 24.3 Å². The highest BCUT2D eigenvalue weighted by Gasteiger charge is 2.32. The lowest BCUT2D eigenvalue weighted by Crippen LogP contribution is -2.36. The number of amides is 1. The van der Waals surface area contributed by atoms with Gasteiger partial charge < -0.3 is 9.73 Å². The van der Waals surface area contributed by atoms with E-state index in [1.807, 2.05) is 38.1 Å². The predicted molar refractivity (Wildman–Crippen MR) is 131 cm³/mol. The van der Waals surface area contributed by atoms with Crippen molar-refractivity contribution in [3.05, 3.63) is 87.4 Å². The number of carbonyl (C=O) groups excluding carboxylic acids is 1. The van der Waals surface area contributed by atoms with Gasteiger partial charge in [-0.3, -0.25) is 4.79 Å². The number of fused-ring (bicyclic) bond motifs is 1. The fraction of sp³-hybridized carbons (Fsp3) is 0.200. The largest absolute Gasteiger partial charge is 0.441 e. The lowest BCUT2D eigenvalue weighted by atomic mass is 10.0. The van der Waals surface area contributed by atoms with Gasteiger partial charge in [0, 0.05) is 24.3 Å². The van der Waals surface area contributed by atoms with E-state index in [4.69, 9.17) is 4.42 Å². The number of oxazole rings is 1. The Bertz CT molecular complexity index is 1450. The highest BCUT2D eigenvalue weighted by atomic mass is 32.2. The third kappa shape index (κ3) is 4.18. The number of nitrogens with zero attached hydrogens (tertiary/aromatic N) is 2. The van der Waals surface area contributed by atoms with Crippen LogP contribution < -0.4 is 5.32 Å². The molecule has 0 fully saturated rings. The average molecular weight is 494 g/mol. The molecule has 1 amide bonds. The molecule has 0 aliphatic carbocycles. The molecule has 174 valence electrons. The molecule has 1 aliphatic rings. The van der Waals surface area contributed by atoms with Crippen molar-refractivity contribution in [1.82, 2.24) is 9.29 Å². The Balaban J connectivity index is 1.34. The molecule has 0 bridgehead atoms. The van der Waals surface area contributed by atoms with E-state index in [-0.39, 0.29) is 9.77 Å². The van der Waals surface area contributed by atoms with E-state index in [2.05, 4.69) is 10.3 Å². The van der Waals surface area contributed by atoms with E-state index in [0.717, 1.165) is 39.5 Å². The van der Waals surface area contributed by atoms with Gasteiger partial charge in [0.1, 0.15) is 15.5 Å². The van der Waals surface area contributed by atoms with E-state index in [1.165, 1.54) is 10.4 Å². The zero-order valence-corrected chi connectivity index (χ0v) is 20.4. The van der Waals surface area contributed by atoms with Crippen molar-refractivity contribution in [2.24, 2.45) is 0 Å². The van der Waals surface area contributed by atoms with Gasteiger partial charge in [0.25, 0.3) is 5.91 Å². The fourth-order valence-electron chi connectivity index (χ4n) is 3.96. The number of hydrogen-bond donors (Lipinski definition) is 1. The van der Waals surface area contributed by atoms with Crippen LogP contribution in [0.15, 0.2) is 69.3 Å². The number of rotatable bonds is 5. The van der Waals surface area contributed by atoms with Crippen LogP contribution in [0, 0.1) is 13.8 Å². The number of benzene rings is 2. The van der Waals surface area contributed by atoms with E-state index >= 15 is 0 Å². The lowest BCUT2D eigenvalue weighted by Gasteiger charge is -2.28. The number of carbonyl (C=O) groups is 1. The minimum absolute atomic E-state index is 0.0386. The number of sulfonamides is 1. The van der Waals surface area contributed by atoms with Crippen molar-refractivity contribution in [2.75, 3.05) is 11.9 Å². The number of hydrogen-bond acceptors (Lipinski definition) is 6. The Labute approximate surface area is 202 Å². The van der Waals surface area contributed by atoms with Crippen LogP contribution in [0.3, 0.4) is 0 Å². The summed E-state index contributed by atoms with van der Waals surface area (Å²) in [6.45, 7) is 4.43. The number of aryl methyl sites for hydroxylation is 2. The lowest BCUT2D eigenvalue weighted by molar-refractivity contribution is 0.102. The number of aromatic nitrogens is 1. The molecule has 0 radical (unpaired) electrons. The van der Waals surface area contributed by atoms with Crippen molar-refractivity contribution < 1.29 is 17.6 Å². The summed E-state index contributed by atoms with van der Waals surface area (Å²) in [5, 5.41) is 4.44. The standard InChI is InChI=1S/C25H23N3O4S2/c1-16-17(2)32-25(26-16)19-7-9-21(10-8-19)27-24(29)23-22(12-14-33-23)34(30,31)28-13-11-18-5-3-4-6-20(18)15-28/h3-10,12,14H,11,13,15H2,1-2H3,(H,27,29). The quantitative estimate of drug-likeness (QED) is 0.421. The molecule has 2 aromatic heterocycles. The van der Waals surface area contributed by atoms with Gasteiger partial charge in [0.15, 0.2) is 0 Å². The highest BCUT2D eigenvalue weighted by molar-refractivity contribution is 7.89. The molecule has 0 spiro atoms. The monoisotopic (exact) mass is 493 g/mol. The van der Waals surface area contributed by atoms with Gasteiger partial charge in [0.05, 0.1) is 5.69 Å². The maximum Gasteiger partial charge on any atom is 0.267 e. The molecule has 9 heteroatoms. The summed E-state index contributed by atoms with van der Waals surface area (Å²) in [5.74, 6) is 0.820. The first-order valence-corrected chi connectivity index (χ1v) is 13.1. The van der Waals surface area contributed by atoms with E-state index in [1.54, 1.807) is 29.6 Å². The van der Waals surface area contributed by atoms with Gasteiger partial charge in [-0.05, 0) is 67.1 Å². The van der Waals surface area contributed by atoms with E-state index < -0.39 is 15.9 Å². The van der Waals surface area contributed by atoms with Gasteiger partial charge >= 0.3 is 0 Å². The van der Waals surface area contributed by atoms with Crippen molar-refractivity contribution >= 4 is 33.0 Å². The molecule has 7 nitrogen and oxygen atoms in total. The average Bonchev–Trinajstić information content (AvgIpc) is 3.47. The maximum absolute atomic E-state index is 13.4. The SMILES string of the molecule is Cc1nc(-c2ccc(NC(=O)c3sccc3S(=O)(=O)N3CCc4ccccc4C3)cc2)oc1C. The van der Waals surface area contributed by atoms with Crippen molar-refractivity contribution in [1.29, 1.82) is 0 Å². The molecule has 0 saturated heterocycles. The van der Waals surface area contributed by atoms with Gasteiger partial charge in [-0.15, -0.1) is 11.3 Å². The number of thiophene rings is 1. The molecular weight excluding hydrogens is 470 g/mol. The Hall–Kier alpha value is -3.27. The highest BCUT2D eigenvalue weighted by Crippen LogP contribution is 2.30. The normalized spacial score (nSPS) is 14.1. The Morgan fingerprint density at radius 1 is 1.06 bits per heavy atom. The topological polar surface area (TPSA) is 92.5 Å². The van der Waals surface area contributed by atoms with Crippen LogP contribution in [0.2, 0.25) is 0 Å². The van der Waals surface area contributed by atoms with Gasteiger partial charge in [0.2, 0.25) is 15.9 Å². The van der Waals surface area contributed by atoms with Crippen molar-refractivity contribution in [3.63, 3.8) is 0 Å². The van der Waals surface area contributed by atoms with Crippen molar-refractivity contribution in [2.45, 2.75) is 31.7 Å². The Morgan fingerprint density at radius 3 is 2.50 bits per heavy atom. The molecule has 0 atom stereocenters. The summed E-state index contributed by atoms with van der Waals surface area (Å²) < 4.78 is 33.9. The molecule has 1 N–H and O–H groups in total. The minimum atomic E-state index is -3.81. The zero-order chi connectivity index (χ0) is 23.9. The first-order chi connectivity index (χ1) is 16.3. The second-order valence-electron chi connectivity index (χ2n) is 8.16. The van der Waals surface area contributed by atoms with Crippen LogP contribution in [-0.2, 0) is 23.0 Å². The maximum atomic E-state index is 13.4. The fourth-order valence-corrected chi connectivity index (χ4v) is 6.68. The molecule has 2 aromatic carbocycles. The van der Waals surface area contributed by atoms with Crippen LogP contribution in [-0.4, -0.2) is 30.2 Å².